The van der Waals surface area contributed by atoms with Crippen molar-refractivity contribution < 1.29 is 23.7 Å². The van der Waals surface area contributed by atoms with Crippen LogP contribution < -0.4 is 18.9 Å². The number of ether oxygens (including phenoxy) is 5. The Bertz CT molecular complexity index is 860. The van der Waals surface area contributed by atoms with E-state index in [2.05, 4.69) is 13.0 Å². The van der Waals surface area contributed by atoms with E-state index in [0.717, 1.165) is 34.4 Å². The normalized spacial score (nSPS) is 22.9. The summed E-state index contributed by atoms with van der Waals surface area (Å²) in [6.45, 7) is 2.93. The van der Waals surface area contributed by atoms with Crippen LogP contribution in [0.15, 0.2) is 24.3 Å². The Morgan fingerprint density at radius 3 is 2.27 bits per heavy atom. The highest BCUT2D eigenvalue weighted by Gasteiger charge is 2.54. The largest absolute Gasteiger partial charge is 0.496 e. The topological polar surface area (TPSA) is 46.2 Å². The first-order chi connectivity index (χ1) is 12.6. The maximum atomic E-state index is 6.45. The molecule has 0 bridgehead atoms. The summed E-state index contributed by atoms with van der Waals surface area (Å²) in [5.41, 5.74) is 3.61. The monoisotopic (exact) mass is 356 g/mol. The van der Waals surface area contributed by atoms with E-state index >= 15 is 0 Å². The molecule has 1 saturated heterocycles. The van der Waals surface area contributed by atoms with Crippen LogP contribution in [0.5, 0.6) is 23.0 Å². The first kappa shape index (κ1) is 17.0. The second kappa shape index (κ2) is 6.09. The molecule has 5 heteroatoms. The molecule has 1 fully saturated rings. The van der Waals surface area contributed by atoms with Crippen molar-refractivity contribution in [1.82, 2.24) is 0 Å². The Labute approximate surface area is 153 Å². The summed E-state index contributed by atoms with van der Waals surface area (Å²) in [7, 11) is 6.61. The van der Waals surface area contributed by atoms with Gasteiger partial charge in [-0.25, -0.2) is 0 Å². The second-order valence-corrected chi connectivity index (χ2v) is 6.72. The van der Waals surface area contributed by atoms with Crippen LogP contribution in [0.3, 0.4) is 0 Å². The fourth-order valence-corrected chi connectivity index (χ4v) is 4.55. The minimum atomic E-state index is -0.565. The maximum Gasteiger partial charge on any atom is 0.203 e. The molecule has 1 spiro atoms. The van der Waals surface area contributed by atoms with Gasteiger partial charge in [0.05, 0.1) is 28.4 Å². The van der Waals surface area contributed by atoms with Crippen LogP contribution in [-0.4, -0.2) is 35.0 Å². The summed E-state index contributed by atoms with van der Waals surface area (Å²) in [5.74, 6) is 2.98. The summed E-state index contributed by atoms with van der Waals surface area (Å²) in [4.78, 5) is 0. The molecular weight excluding hydrogens is 332 g/mol. The molecule has 1 aliphatic heterocycles. The molecule has 0 N–H and O–H groups in total. The fourth-order valence-electron chi connectivity index (χ4n) is 4.55. The third-order valence-electron chi connectivity index (χ3n) is 5.69. The van der Waals surface area contributed by atoms with E-state index in [4.69, 9.17) is 23.7 Å². The summed E-state index contributed by atoms with van der Waals surface area (Å²) in [6.07, 6.45) is 0.980. The molecule has 1 heterocycles. The lowest BCUT2D eigenvalue weighted by Crippen LogP contribution is -2.30. The Balaban J connectivity index is 2.16. The van der Waals surface area contributed by atoms with E-state index in [1.54, 1.807) is 28.4 Å². The van der Waals surface area contributed by atoms with Gasteiger partial charge in [0.1, 0.15) is 11.4 Å². The Morgan fingerprint density at radius 2 is 1.69 bits per heavy atom. The van der Waals surface area contributed by atoms with E-state index in [1.165, 1.54) is 0 Å². The number of rotatable bonds is 4. The number of methoxy groups -OCH3 is 4. The van der Waals surface area contributed by atoms with Gasteiger partial charge < -0.3 is 23.7 Å². The zero-order valence-corrected chi connectivity index (χ0v) is 15.8. The first-order valence-electron chi connectivity index (χ1n) is 8.79. The van der Waals surface area contributed by atoms with E-state index in [9.17, 15) is 0 Å². The summed E-state index contributed by atoms with van der Waals surface area (Å²) >= 11 is 0. The van der Waals surface area contributed by atoms with Gasteiger partial charge in [0.2, 0.25) is 5.75 Å². The molecule has 0 radical (unpaired) electrons. The van der Waals surface area contributed by atoms with E-state index in [0.29, 0.717) is 29.8 Å². The highest BCUT2D eigenvalue weighted by atomic mass is 16.5. The van der Waals surface area contributed by atoms with Gasteiger partial charge in [0, 0.05) is 23.3 Å². The van der Waals surface area contributed by atoms with Gasteiger partial charge in [-0.1, -0.05) is 19.1 Å². The quantitative estimate of drug-likeness (QED) is 0.829. The lowest BCUT2D eigenvalue weighted by Gasteiger charge is -2.32. The van der Waals surface area contributed by atoms with Gasteiger partial charge >= 0.3 is 0 Å². The molecular formula is C21H24O5. The number of benzene rings is 2. The molecule has 2 aliphatic rings. The third-order valence-corrected chi connectivity index (χ3v) is 5.69. The van der Waals surface area contributed by atoms with Crippen molar-refractivity contribution in [3.8, 4) is 34.1 Å². The zero-order chi connectivity index (χ0) is 18.5. The van der Waals surface area contributed by atoms with Gasteiger partial charge in [-0.05, 0) is 30.0 Å². The third kappa shape index (κ3) is 1.95. The molecule has 0 saturated carbocycles. The van der Waals surface area contributed by atoms with Crippen molar-refractivity contribution in [2.75, 3.05) is 35.0 Å². The molecule has 2 aromatic rings. The standard InChI is InChI=1S/C21H24O5/c1-12-9-10-26-21(12)14-7-6-8-15(22-2)17(14)13-11-16(23-3)19(24-4)20(25-5)18(13)21/h6-8,11-12H,9-10H2,1-5H3/t12-,21-/m1/s1. The highest BCUT2D eigenvalue weighted by molar-refractivity contribution is 5.89. The van der Waals surface area contributed by atoms with E-state index in [-0.39, 0.29) is 0 Å². The number of fused-ring (bicyclic) bond motifs is 5. The van der Waals surface area contributed by atoms with Crippen molar-refractivity contribution in [3.63, 3.8) is 0 Å². The van der Waals surface area contributed by atoms with Crippen LogP contribution >= 0.6 is 0 Å². The molecule has 1 aliphatic carbocycles. The van der Waals surface area contributed by atoms with Gasteiger partial charge in [0.25, 0.3) is 0 Å². The molecule has 0 amide bonds. The SMILES string of the molecule is COc1cc2c(c(OC)c1OC)[C@]1(OCC[C@H]1C)c1cccc(OC)c1-2. The average Bonchev–Trinajstić information content (AvgIpc) is 3.19. The minimum absolute atomic E-state index is 0.293. The molecule has 5 nitrogen and oxygen atoms in total. The summed E-state index contributed by atoms with van der Waals surface area (Å²) in [6, 6.07) is 8.12. The molecule has 0 aromatic heterocycles. The predicted octanol–water partition coefficient (Wildman–Crippen LogP) is 4.00. The van der Waals surface area contributed by atoms with E-state index < -0.39 is 5.60 Å². The maximum absolute atomic E-state index is 6.45. The minimum Gasteiger partial charge on any atom is -0.496 e. The van der Waals surface area contributed by atoms with Crippen molar-refractivity contribution in [2.24, 2.45) is 5.92 Å². The highest BCUT2D eigenvalue weighted by Crippen LogP contribution is 2.64. The summed E-state index contributed by atoms with van der Waals surface area (Å²) in [5, 5.41) is 0. The molecule has 4 rings (SSSR count). The van der Waals surface area contributed by atoms with Crippen LogP contribution in [0.2, 0.25) is 0 Å². The molecule has 2 atom stereocenters. The lowest BCUT2D eigenvalue weighted by molar-refractivity contribution is 0.0159. The number of hydrogen-bond donors (Lipinski definition) is 0. The fraction of sp³-hybridized carbons (Fsp3) is 0.429. The van der Waals surface area contributed by atoms with Crippen LogP contribution in [0.4, 0.5) is 0 Å². The van der Waals surface area contributed by atoms with Gasteiger partial charge in [-0.2, -0.15) is 0 Å². The van der Waals surface area contributed by atoms with Gasteiger partial charge in [-0.15, -0.1) is 0 Å². The van der Waals surface area contributed by atoms with Crippen molar-refractivity contribution in [3.05, 3.63) is 35.4 Å². The summed E-state index contributed by atoms with van der Waals surface area (Å²) < 4.78 is 29.2. The predicted molar refractivity (Wildman–Crippen MR) is 98.6 cm³/mol. The van der Waals surface area contributed by atoms with E-state index in [1.807, 2.05) is 18.2 Å². The number of hydrogen-bond acceptors (Lipinski definition) is 5. The molecule has 138 valence electrons. The van der Waals surface area contributed by atoms with Crippen molar-refractivity contribution >= 4 is 0 Å². The van der Waals surface area contributed by atoms with Crippen LogP contribution in [0.1, 0.15) is 24.5 Å². The van der Waals surface area contributed by atoms with Crippen LogP contribution in [0.25, 0.3) is 11.1 Å². The molecule has 0 unspecified atom stereocenters. The van der Waals surface area contributed by atoms with Crippen molar-refractivity contribution in [1.29, 1.82) is 0 Å². The Hall–Kier alpha value is -2.40. The van der Waals surface area contributed by atoms with Gasteiger partial charge in [-0.3, -0.25) is 0 Å². The Morgan fingerprint density at radius 1 is 0.962 bits per heavy atom. The Kier molecular flexibility index (Phi) is 3.99. The molecule has 2 aromatic carbocycles. The zero-order valence-electron chi connectivity index (χ0n) is 15.8. The van der Waals surface area contributed by atoms with Crippen LogP contribution in [0, 0.1) is 5.92 Å². The average molecular weight is 356 g/mol. The van der Waals surface area contributed by atoms with Crippen LogP contribution in [-0.2, 0) is 10.3 Å². The second-order valence-electron chi connectivity index (χ2n) is 6.72. The van der Waals surface area contributed by atoms with Crippen molar-refractivity contribution in [2.45, 2.75) is 18.9 Å². The van der Waals surface area contributed by atoms with Gasteiger partial charge in [0.15, 0.2) is 11.5 Å². The smallest absolute Gasteiger partial charge is 0.203 e. The molecule has 26 heavy (non-hydrogen) atoms. The lowest BCUT2D eigenvalue weighted by atomic mass is 9.80. The first-order valence-corrected chi connectivity index (χ1v) is 8.79.